The second-order valence-electron chi connectivity index (χ2n) is 13.4. The molecule has 3 aromatic rings. The minimum absolute atomic E-state index is 0.00519. The molecule has 10 nitrogen and oxygen atoms in total. The van der Waals surface area contributed by atoms with Crippen molar-refractivity contribution >= 4 is 34.8 Å². The minimum atomic E-state index is -4.63. The SMILES string of the molecule is COc1cc(N2CCN(C(=O)C3CCCN(C)C3)CC2)ccc1Nc1ncc(C(F)(F)F)c(CCc2cccc3c2C(C)(C)C(=O)N3)n1. The number of hydrogen-bond donors (Lipinski definition) is 2. The number of anilines is 4. The number of carbonyl (C=O) groups excluding carboxylic acids is 2. The molecule has 1 aromatic heterocycles. The van der Waals surface area contributed by atoms with Crippen LogP contribution in [0.3, 0.4) is 0 Å². The van der Waals surface area contributed by atoms with Crippen LogP contribution in [0.4, 0.5) is 36.2 Å². The van der Waals surface area contributed by atoms with Crippen molar-refractivity contribution in [1.29, 1.82) is 0 Å². The average molecular weight is 666 g/mol. The van der Waals surface area contributed by atoms with Crippen molar-refractivity contribution < 1.29 is 27.5 Å². The van der Waals surface area contributed by atoms with Gasteiger partial charge in [0.1, 0.15) is 5.75 Å². The van der Waals surface area contributed by atoms with Gasteiger partial charge in [-0.1, -0.05) is 12.1 Å². The molecule has 3 aliphatic rings. The summed E-state index contributed by atoms with van der Waals surface area (Å²) in [7, 11) is 3.59. The third-order valence-electron chi connectivity index (χ3n) is 9.76. The van der Waals surface area contributed by atoms with Gasteiger partial charge in [-0.15, -0.1) is 0 Å². The van der Waals surface area contributed by atoms with Gasteiger partial charge in [-0.05, 0) is 82.4 Å². The van der Waals surface area contributed by atoms with Crippen LogP contribution in [0.25, 0.3) is 0 Å². The molecule has 2 fully saturated rings. The number of ether oxygens (including phenoxy) is 1. The molecule has 2 aromatic carbocycles. The second kappa shape index (κ2) is 13.3. The van der Waals surface area contributed by atoms with Gasteiger partial charge in [0.15, 0.2) is 0 Å². The van der Waals surface area contributed by atoms with E-state index in [0.29, 0.717) is 43.3 Å². The number of piperazine rings is 1. The fourth-order valence-electron chi connectivity index (χ4n) is 7.11. The van der Waals surface area contributed by atoms with Gasteiger partial charge >= 0.3 is 6.18 Å². The summed E-state index contributed by atoms with van der Waals surface area (Å²) >= 11 is 0. The molecule has 0 aliphatic carbocycles. The molecule has 0 spiro atoms. The van der Waals surface area contributed by atoms with E-state index in [-0.39, 0.29) is 42.2 Å². The maximum absolute atomic E-state index is 14.0. The van der Waals surface area contributed by atoms with Crippen molar-refractivity contribution in [3.05, 3.63) is 65.0 Å². The Balaban J connectivity index is 1.16. The average Bonchev–Trinajstić information content (AvgIpc) is 3.30. The number of methoxy groups -OCH3 is 1. The topological polar surface area (TPSA) is 103 Å². The first-order valence-corrected chi connectivity index (χ1v) is 16.4. The first-order chi connectivity index (χ1) is 22.8. The van der Waals surface area contributed by atoms with Crippen LogP contribution in [-0.2, 0) is 34.0 Å². The molecule has 4 heterocycles. The molecule has 256 valence electrons. The summed E-state index contributed by atoms with van der Waals surface area (Å²) in [4.78, 5) is 40.4. The molecule has 13 heteroatoms. The van der Waals surface area contributed by atoms with Crippen LogP contribution in [-0.4, -0.2) is 85.0 Å². The highest BCUT2D eigenvalue weighted by Crippen LogP contribution is 2.41. The smallest absolute Gasteiger partial charge is 0.419 e. The van der Waals surface area contributed by atoms with E-state index in [2.05, 4.69) is 37.4 Å². The normalized spacial score (nSPS) is 19.6. The molecular formula is C35H42F3N7O3. The Hall–Kier alpha value is -4.39. The molecule has 0 saturated carbocycles. The van der Waals surface area contributed by atoms with Crippen LogP contribution >= 0.6 is 0 Å². The summed E-state index contributed by atoms with van der Waals surface area (Å²) in [5.74, 6) is 0.649. The number of hydrogen-bond acceptors (Lipinski definition) is 8. The Morgan fingerprint density at radius 2 is 1.88 bits per heavy atom. The van der Waals surface area contributed by atoms with E-state index in [1.165, 1.54) is 7.11 Å². The van der Waals surface area contributed by atoms with Gasteiger partial charge in [0, 0.05) is 56.4 Å². The Morgan fingerprint density at radius 1 is 1.10 bits per heavy atom. The number of amides is 2. The number of aromatic nitrogens is 2. The number of likely N-dealkylation sites (tertiary alicyclic amines) is 1. The number of aryl methyl sites for hydroxylation is 2. The zero-order chi connectivity index (χ0) is 34.2. The van der Waals surface area contributed by atoms with Gasteiger partial charge in [-0.25, -0.2) is 9.97 Å². The van der Waals surface area contributed by atoms with Crippen LogP contribution in [0.5, 0.6) is 5.75 Å². The maximum atomic E-state index is 14.0. The molecule has 2 saturated heterocycles. The predicted octanol–water partition coefficient (Wildman–Crippen LogP) is 5.25. The van der Waals surface area contributed by atoms with Crippen molar-refractivity contribution in [1.82, 2.24) is 19.8 Å². The van der Waals surface area contributed by atoms with E-state index >= 15 is 0 Å². The van der Waals surface area contributed by atoms with Crippen LogP contribution in [0, 0.1) is 5.92 Å². The van der Waals surface area contributed by atoms with Gasteiger partial charge in [0.2, 0.25) is 17.8 Å². The number of alkyl halides is 3. The summed E-state index contributed by atoms with van der Waals surface area (Å²) in [6.45, 7) is 8.10. The second-order valence-corrected chi connectivity index (χ2v) is 13.4. The van der Waals surface area contributed by atoms with Crippen molar-refractivity contribution in [2.45, 2.75) is 51.1 Å². The zero-order valence-electron chi connectivity index (χ0n) is 27.8. The molecular weight excluding hydrogens is 623 g/mol. The van der Waals surface area contributed by atoms with Crippen LogP contribution in [0.15, 0.2) is 42.6 Å². The first kappa shape index (κ1) is 33.5. The predicted molar refractivity (Wildman–Crippen MR) is 178 cm³/mol. The van der Waals surface area contributed by atoms with E-state index in [9.17, 15) is 22.8 Å². The number of halogens is 3. The monoisotopic (exact) mass is 665 g/mol. The minimum Gasteiger partial charge on any atom is -0.494 e. The fraction of sp³-hybridized carbons (Fsp3) is 0.486. The van der Waals surface area contributed by atoms with Crippen molar-refractivity contribution in [2.75, 3.05) is 69.0 Å². The van der Waals surface area contributed by atoms with Gasteiger partial charge in [0.25, 0.3) is 0 Å². The molecule has 3 aliphatic heterocycles. The van der Waals surface area contributed by atoms with Crippen LogP contribution in [0.1, 0.15) is 49.1 Å². The molecule has 0 radical (unpaired) electrons. The van der Waals surface area contributed by atoms with Gasteiger partial charge < -0.3 is 30.1 Å². The number of nitrogens with one attached hydrogen (secondary N) is 2. The lowest BCUT2D eigenvalue weighted by molar-refractivity contribution is -0.139. The molecule has 48 heavy (non-hydrogen) atoms. The highest BCUT2D eigenvalue weighted by atomic mass is 19.4. The van der Waals surface area contributed by atoms with Gasteiger partial charge in [0.05, 0.1) is 35.4 Å². The van der Waals surface area contributed by atoms with E-state index in [0.717, 1.165) is 48.9 Å². The molecule has 2 N–H and O–H groups in total. The molecule has 1 unspecified atom stereocenters. The maximum Gasteiger partial charge on any atom is 0.419 e. The number of nitrogens with zero attached hydrogens (tertiary/aromatic N) is 5. The van der Waals surface area contributed by atoms with Crippen molar-refractivity contribution in [3.63, 3.8) is 0 Å². The van der Waals surface area contributed by atoms with Crippen LogP contribution in [0.2, 0.25) is 0 Å². The third-order valence-corrected chi connectivity index (χ3v) is 9.76. The van der Waals surface area contributed by atoms with Crippen molar-refractivity contribution in [3.8, 4) is 5.75 Å². The van der Waals surface area contributed by atoms with E-state index < -0.39 is 17.2 Å². The summed E-state index contributed by atoms with van der Waals surface area (Å²) in [5.41, 5.74) is 1.86. The molecule has 2 amide bonds. The zero-order valence-corrected chi connectivity index (χ0v) is 27.8. The number of piperidine rings is 1. The lowest BCUT2D eigenvalue weighted by Crippen LogP contribution is -2.52. The van der Waals surface area contributed by atoms with E-state index in [1.807, 2.05) is 36.9 Å². The third kappa shape index (κ3) is 6.78. The highest BCUT2D eigenvalue weighted by molar-refractivity contribution is 6.06. The fourth-order valence-corrected chi connectivity index (χ4v) is 7.11. The van der Waals surface area contributed by atoms with Gasteiger partial charge in [-0.3, -0.25) is 9.59 Å². The van der Waals surface area contributed by atoms with Crippen LogP contribution < -0.4 is 20.3 Å². The molecule has 0 bridgehead atoms. The molecule has 6 rings (SSSR count). The molecule has 1 atom stereocenters. The number of carbonyl (C=O) groups is 2. The Bertz CT molecular complexity index is 1690. The lowest BCUT2D eigenvalue weighted by Gasteiger charge is -2.39. The summed E-state index contributed by atoms with van der Waals surface area (Å²) in [5, 5.41) is 5.92. The number of rotatable bonds is 8. The van der Waals surface area contributed by atoms with Crippen molar-refractivity contribution in [2.24, 2.45) is 5.92 Å². The highest BCUT2D eigenvalue weighted by Gasteiger charge is 2.40. The summed E-state index contributed by atoms with van der Waals surface area (Å²) < 4.78 is 47.8. The largest absolute Gasteiger partial charge is 0.494 e. The summed E-state index contributed by atoms with van der Waals surface area (Å²) in [6.07, 6.45) is -1.59. The lowest BCUT2D eigenvalue weighted by atomic mass is 9.82. The van der Waals surface area contributed by atoms with E-state index in [1.54, 1.807) is 18.2 Å². The first-order valence-electron chi connectivity index (χ1n) is 16.4. The Labute approximate surface area is 278 Å². The Kier molecular flexibility index (Phi) is 9.25. The Morgan fingerprint density at radius 3 is 2.58 bits per heavy atom. The quantitative estimate of drug-likeness (QED) is 0.337. The summed E-state index contributed by atoms with van der Waals surface area (Å²) in [6, 6.07) is 11.0. The number of benzene rings is 2. The standard InChI is InChI=1S/C35H42F3N7O3/c1-34(2)30-22(7-5-9-28(30)40-32(34)47)10-12-26-25(35(36,37)38)20-39-33(41-26)42-27-13-11-24(19-29(27)48-4)44-15-17-45(18-16-44)31(46)23-8-6-14-43(3)21-23/h5,7,9,11,13,19-20,23H,6,8,10,12,14-18,21H2,1-4H3,(H,40,47)(H,39,41,42). The van der Waals surface area contributed by atoms with Gasteiger partial charge in [-0.2, -0.15) is 13.2 Å². The number of fused-ring (bicyclic) bond motifs is 1. The van der Waals surface area contributed by atoms with E-state index in [4.69, 9.17) is 4.74 Å².